The minimum absolute atomic E-state index is 0.0500. The SMILES string of the molecule is CCCC(C)Nc1ccc([N+](=O)[O-])cc1C(F)F. The fraction of sp³-hybridized carbons (Fsp3) is 0.500. The van der Waals surface area contributed by atoms with Gasteiger partial charge in [-0.2, -0.15) is 0 Å². The van der Waals surface area contributed by atoms with E-state index in [1.165, 1.54) is 12.1 Å². The molecule has 1 rings (SSSR count). The lowest BCUT2D eigenvalue weighted by Gasteiger charge is -2.17. The van der Waals surface area contributed by atoms with Gasteiger partial charge in [0.25, 0.3) is 12.1 Å². The van der Waals surface area contributed by atoms with Gasteiger partial charge in [0.2, 0.25) is 0 Å². The quantitative estimate of drug-likeness (QED) is 0.616. The van der Waals surface area contributed by atoms with E-state index in [1.807, 2.05) is 13.8 Å². The molecular weight excluding hydrogens is 242 g/mol. The minimum Gasteiger partial charge on any atom is -0.382 e. The Labute approximate surface area is 104 Å². The molecule has 0 aliphatic rings. The molecule has 0 aromatic heterocycles. The van der Waals surface area contributed by atoms with Crippen molar-refractivity contribution in [2.45, 2.75) is 39.2 Å². The third kappa shape index (κ3) is 3.65. The Balaban J connectivity index is 3.00. The van der Waals surface area contributed by atoms with Gasteiger partial charge >= 0.3 is 0 Å². The average molecular weight is 258 g/mol. The molecule has 0 aliphatic heterocycles. The number of hydrogen-bond acceptors (Lipinski definition) is 3. The molecule has 0 aliphatic carbocycles. The first-order valence-electron chi connectivity index (χ1n) is 5.78. The highest BCUT2D eigenvalue weighted by Gasteiger charge is 2.18. The van der Waals surface area contributed by atoms with E-state index in [9.17, 15) is 18.9 Å². The average Bonchev–Trinajstić information content (AvgIpc) is 2.29. The van der Waals surface area contributed by atoms with Crippen LogP contribution in [-0.2, 0) is 0 Å². The van der Waals surface area contributed by atoms with Gasteiger partial charge in [-0.1, -0.05) is 13.3 Å². The summed E-state index contributed by atoms with van der Waals surface area (Å²) in [6.07, 6.45) is -0.952. The van der Waals surface area contributed by atoms with Crippen molar-refractivity contribution in [3.8, 4) is 0 Å². The number of hydrogen-bond donors (Lipinski definition) is 1. The molecule has 0 saturated heterocycles. The van der Waals surface area contributed by atoms with Crippen molar-refractivity contribution in [2.24, 2.45) is 0 Å². The summed E-state index contributed by atoms with van der Waals surface area (Å²) in [7, 11) is 0. The Bertz CT molecular complexity index is 425. The van der Waals surface area contributed by atoms with Crippen molar-refractivity contribution in [1.29, 1.82) is 0 Å². The third-order valence-electron chi connectivity index (χ3n) is 2.60. The molecule has 0 bridgehead atoms. The zero-order valence-electron chi connectivity index (χ0n) is 10.3. The van der Waals surface area contributed by atoms with Crippen LogP contribution in [0.2, 0.25) is 0 Å². The molecule has 0 heterocycles. The molecule has 0 radical (unpaired) electrons. The first kappa shape index (κ1) is 14.3. The molecule has 4 nitrogen and oxygen atoms in total. The van der Waals surface area contributed by atoms with E-state index in [0.717, 1.165) is 18.9 Å². The fourth-order valence-electron chi connectivity index (χ4n) is 1.75. The summed E-state index contributed by atoms with van der Waals surface area (Å²) >= 11 is 0. The van der Waals surface area contributed by atoms with Crippen LogP contribution in [0.3, 0.4) is 0 Å². The first-order chi connectivity index (χ1) is 8.45. The van der Waals surface area contributed by atoms with Crippen molar-refractivity contribution in [3.63, 3.8) is 0 Å². The summed E-state index contributed by atoms with van der Waals surface area (Å²) in [4.78, 5) is 9.88. The van der Waals surface area contributed by atoms with Gasteiger partial charge in [0.05, 0.1) is 4.92 Å². The summed E-state index contributed by atoms with van der Waals surface area (Å²) in [6, 6.07) is 3.54. The summed E-state index contributed by atoms with van der Waals surface area (Å²) in [5, 5.41) is 13.5. The number of benzene rings is 1. The van der Waals surface area contributed by atoms with Gasteiger partial charge in [-0.25, -0.2) is 8.78 Å². The van der Waals surface area contributed by atoms with Crippen molar-refractivity contribution >= 4 is 11.4 Å². The monoisotopic (exact) mass is 258 g/mol. The summed E-state index contributed by atoms with van der Waals surface area (Å²) in [6.45, 7) is 3.89. The Hall–Kier alpha value is -1.72. The molecule has 18 heavy (non-hydrogen) atoms. The second-order valence-corrected chi connectivity index (χ2v) is 4.16. The van der Waals surface area contributed by atoms with Gasteiger partial charge in [-0.3, -0.25) is 10.1 Å². The molecule has 1 N–H and O–H groups in total. The number of non-ortho nitro benzene ring substituents is 1. The number of alkyl halides is 2. The maximum atomic E-state index is 12.8. The maximum absolute atomic E-state index is 12.8. The first-order valence-corrected chi connectivity index (χ1v) is 5.78. The zero-order valence-corrected chi connectivity index (χ0v) is 10.3. The molecule has 0 saturated carbocycles. The molecule has 0 amide bonds. The van der Waals surface area contributed by atoms with Crippen LogP contribution >= 0.6 is 0 Å². The normalized spacial score (nSPS) is 12.5. The lowest BCUT2D eigenvalue weighted by molar-refractivity contribution is -0.385. The predicted molar refractivity (Wildman–Crippen MR) is 66.0 cm³/mol. The van der Waals surface area contributed by atoms with E-state index in [1.54, 1.807) is 0 Å². The predicted octanol–water partition coefficient (Wildman–Crippen LogP) is 4.13. The third-order valence-corrected chi connectivity index (χ3v) is 2.60. The van der Waals surface area contributed by atoms with Crippen LogP contribution in [0.25, 0.3) is 0 Å². The van der Waals surface area contributed by atoms with Crippen molar-refractivity contribution in [2.75, 3.05) is 5.32 Å². The number of rotatable bonds is 6. The van der Waals surface area contributed by atoms with E-state index >= 15 is 0 Å². The standard InChI is InChI=1S/C12H16F2N2O2/c1-3-4-8(2)15-11-6-5-9(16(17)18)7-10(11)12(13)14/h5-8,12,15H,3-4H2,1-2H3. The number of nitro groups is 1. The van der Waals surface area contributed by atoms with Gasteiger partial charge in [-0.15, -0.1) is 0 Å². The topological polar surface area (TPSA) is 55.2 Å². The van der Waals surface area contributed by atoms with Gasteiger partial charge in [0.1, 0.15) is 0 Å². The zero-order chi connectivity index (χ0) is 13.7. The Kier molecular flexibility index (Phi) is 5.00. The second kappa shape index (κ2) is 6.28. The number of halogens is 2. The van der Waals surface area contributed by atoms with Crippen LogP contribution in [0.4, 0.5) is 20.2 Å². The van der Waals surface area contributed by atoms with E-state index in [4.69, 9.17) is 0 Å². The van der Waals surface area contributed by atoms with E-state index in [-0.39, 0.29) is 23.0 Å². The van der Waals surface area contributed by atoms with E-state index in [0.29, 0.717) is 0 Å². The molecular formula is C12H16F2N2O2. The van der Waals surface area contributed by atoms with Crippen LogP contribution < -0.4 is 5.32 Å². The molecule has 1 aromatic rings. The maximum Gasteiger partial charge on any atom is 0.270 e. The highest BCUT2D eigenvalue weighted by Crippen LogP contribution is 2.31. The van der Waals surface area contributed by atoms with Gasteiger partial charge < -0.3 is 5.32 Å². The Morgan fingerprint density at radius 2 is 2.11 bits per heavy atom. The second-order valence-electron chi connectivity index (χ2n) is 4.16. The minimum atomic E-state index is -2.73. The van der Waals surface area contributed by atoms with Crippen LogP contribution in [0.15, 0.2) is 18.2 Å². The molecule has 6 heteroatoms. The van der Waals surface area contributed by atoms with Gasteiger partial charge in [0.15, 0.2) is 0 Å². The van der Waals surface area contributed by atoms with Crippen LogP contribution in [0.5, 0.6) is 0 Å². The van der Waals surface area contributed by atoms with Gasteiger partial charge in [-0.05, 0) is 19.4 Å². The van der Waals surface area contributed by atoms with Crippen molar-refractivity contribution in [3.05, 3.63) is 33.9 Å². The number of nitrogens with zero attached hydrogens (tertiary/aromatic N) is 1. The molecule has 1 aromatic carbocycles. The highest BCUT2D eigenvalue weighted by molar-refractivity contribution is 5.57. The van der Waals surface area contributed by atoms with E-state index < -0.39 is 11.3 Å². The summed E-state index contributed by atoms with van der Waals surface area (Å²) in [5.74, 6) is 0. The fourth-order valence-corrected chi connectivity index (χ4v) is 1.75. The Morgan fingerprint density at radius 3 is 2.61 bits per heavy atom. The number of nitrogens with one attached hydrogen (secondary N) is 1. The summed E-state index contributed by atoms with van der Waals surface area (Å²) in [5.41, 5.74) is -0.386. The number of nitro benzene ring substituents is 1. The van der Waals surface area contributed by atoms with Crippen LogP contribution in [0, 0.1) is 10.1 Å². The lowest BCUT2D eigenvalue weighted by atomic mass is 10.1. The van der Waals surface area contributed by atoms with Crippen molar-refractivity contribution in [1.82, 2.24) is 0 Å². The molecule has 100 valence electrons. The largest absolute Gasteiger partial charge is 0.382 e. The Morgan fingerprint density at radius 1 is 1.44 bits per heavy atom. The number of anilines is 1. The molecule has 1 atom stereocenters. The van der Waals surface area contributed by atoms with Crippen molar-refractivity contribution < 1.29 is 13.7 Å². The van der Waals surface area contributed by atoms with E-state index in [2.05, 4.69) is 5.32 Å². The molecule has 0 spiro atoms. The summed E-state index contributed by atoms with van der Waals surface area (Å²) < 4.78 is 25.7. The lowest BCUT2D eigenvalue weighted by Crippen LogP contribution is -2.16. The van der Waals surface area contributed by atoms with Gasteiger partial charge in [0, 0.05) is 29.4 Å². The van der Waals surface area contributed by atoms with Crippen LogP contribution in [-0.4, -0.2) is 11.0 Å². The van der Waals surface area contributed by atoms with Crippen LogP contribution in [0.1, 0.15) is 38.7 Å². The highest BCUT2D eigenvalue weighted by atomic mass is 19.3. The smallest absolute Gasteiger partial charge is 0.270 e. The molecule has 1 unspecified atom stereocenters. The molecule has 0 fully saturated rings.